The fraction of sp³-hybridized carbons (Fsp3) is 0.286. The Morgan fingerprint density at radius 3 is 2.84 bits per heavy atom. The first-order valence-electron chi connectivity index (χ1n) is 7.32. The lowest BCUT2D eigenvalue weighted by molar-refractivity contribution is -0.383. The molecule has 0 aliphatic heterocycles. The molecule has 25 heavy (non-hydrogen) atoms. The lowest BCUT2D eigenvalue weighted by Gasteiger charge is -2.10. The molecule has 0 spiro atoms. The monoisotopic (exact) mass is 347 g/mol. The molecule has 0 aliphatic rings. The summed E-state index contributed by atoms with van der Waals surface area (Å²) in [5, 5.41) is 14.2. The number of carbonyl (C=O) groups is 1. The highest BCUT2D eigenvalue weighted by Gasteiger charge is 2.23. The zero-order valence-corrected chi connectivity index (χ0v) is 13.4. The van der Waals surface area contributed by atoms with Gasteiger partial charge in [-0.15, -0.1) is 0 Å². The third-order valence-electron chi connectivity index (χ3n) is 3.04. The molecule has 2 heterocycles. The molecule has 132 valence electrons. The third kappa shape index (κ3) is 5.07. The molecule has 0 saturated heterocycles. The summed E-state index contributed by atoms with van der Waals surface area (Å²) < 4.78 is 4.92. The number of methoxy groups -OCH3 is 1. The van der Waals surface area contributed by atoms with Gasteiger partial charge in [-0.1, -0.05) is 0 Å². The normalized spacial score (nSPS) is 10.1. The maximum Gasteiger partial charge on any atom is 0.354 e. The van der Waals surface area contributed by atoms with Crippen LogP contribution < -0.4 is 16.2 Å². The first-order valence-corrected chi connectivity index (χ1v) is 7.32. The highest BCUT2D eigenvalue weighted by atomic mass is 16.6. The van der Waals surface area contributed by atoms with Crippen LogP contribution in [0.4, 0.5) is 17.3 Å². The van der Waals surface area contributed by atoms with E-state index in [9.17, 15) is 14.9 Å². The van der Waals surface area contributed by atoms with E-state index in [2.05, 4.69) is 31.1 Å². The number of anilines is 2. The van der Waals surface area contributed by atoms with Gasteiger partial charge in [-0.05, 0) is 18.6 Å². The van der Waals surface area contributed by atoms with E-state index in [4.69, 9.17) is 4.74 Å². The Hall–Kier alpha value is -3.34. The van der Waals surface area contributed by atoms with E-state index in [-0.39, 0.29) is 17.3 Å². The topological polar surface area (TPSA) is 144 Å². The summed E-state index contributed by atoms with van der Waals surface area (Å²) in [4.78, 5) is 34.2. The van der Waals surface area contributed by atoms with Gasteiger partial charge in [-0.2, -0.15) is 0 Å². The largest absolute Gasteiger partial charge is 0.385 e. The number of aromatic nitrogens is 3. The van der Waals surface area contributed by atoms with Crippen LogP contribution in [0.2, 0.25) is 0 Å². The first-order chi connectivity index (χ1) is 12.1. The molecule has 0 unspecified atom stereocenters. The predicted molar refractivity (Wildman–Crippen MR) is 89.0 cm³/mol. The van der Waals surface area contributed by atoms with Gasteiger partial charge in [0.1, 0.15) is 6.33 Å². The van der Waals surface area contributed by atoms with Crippen LogP contribution in [0.5, 0.6) is 0 Å². The maximum atomic E-state index is 12.0. The van der Waals surface area contributed by atoms with Gasteiger partial charge in [-0.3, -0.25) is 30.7 Å². The van der Waals surface area contributed by atoms with Gasteiger partial charge in [0.05, 0.1) is 10.5 Å². The number of nitrogens with one attached hydrogen (secondary N) is 3. The van der Waals surface area contributed by atoms with Crippen LogP contribution in [0, 0.1) is 10.1 Å². The van der Waals surface area contributed by atoms with E-state index in [1.165, 1.54) is 12.4 Å². The van der Waals surface area contributed by atoms with Crippen molar-refractivity contribution in [1.29, 1.82) is 0 Å². The predicted octanol–water partition coefficient (Wildman–Crippen LogP) is 0.985. The Balaban J connectivity index is 2.09. The standard InChI is InChI=1S/C14H17N7O4/c1-25-7-3-6-16-12-11(21(23)24)13(18-9-17-12)19-20-14(22)10-4-2-5-15-8-10/h2,4-5,8-9H,3,6-7H2,1H3,(H,20,22)(H2,16,17,18,19). The number of rotatable bonds is 9. The minimum Gasteiger partial charge on any atom is -0.385 e. The van der Waals surface area contributed by atoms with Crippen molar-refractivity contribution < 1.29 is 14.5 Å². The summed E-state index contributed by atoms with van der Waals surface area (Å²) in [5.41, 5.74) is 4.72. The van der Waals surface area contributed by atoms with Crippen LogP contribution in [0.3, 0.4) is 0 Å². The van der Waals surface area contributed by atoms with Crippen LogP contribution in [-0.2, 0) is 4.74 Å². The Kier molecular flexibility index (Phi) is 6.54. The molecule has 11 nitrogen and oxygen atoms in total. The zero-order valence-electron chi connectivity index (χ0n) is 13.4. The van der Waals surface area contributed by atoms with E-state index in [1.807, 2.05) is 0 Å². The van der Waals surface area contributed by atoms with Crippen molar-refractivity contribution in [2.75, 3.05) is 31.0 Å². The van der Waals surface area contributed by atoms with Crippen molar-refractivity contribution in [2.45, 2.75) is 6.42 Å². The van der Waals surface area contributed by atoms with E-state index in [0.29, 0.717) is 25.1 Å². The Morgan fingerprint density at radius 1 is 1.36 bits per heavy atom. The van der Waals surface area contributed by atoms with Crippen LogP contribution in [-0.4, -0.2) is 46.0 Å². The molecule has 0 fully saturated rings. The molecule has 0 saturated carbocycles. The van der Waals surface area contributed by atoms with Gasteiger partial charge in [0.15, 0.2) is 0 Å². The molecule has 2 aromatic heterocycles. The van der Waals surface area contributed by atoms with Gasteiger partial charge in [-0.25, -0.2) is 9.97 Å². The van der Waals surface area contributed by atoms with Crippen molar-refractivity contribution >= 4 is 23.2 Å². The number of hydrogen-bond acceptors (Lipinski definition) is 9. The van der Waals surface area contributed by atoms with Gasteiger partial charge >= 0.3 is 5.69 Å². The fourth-order valence-corrected chi connectivity index (χ4v) is 1.88. The maximum absolute atomic E-state index is 12.0. The summed E-state index contributed by atoms with van der Waals surface area (Å²) >= 11 is 0. The van der Waals surface area contributed by atoms with E-state index < -0.39 is 10.8 Å². The molecule has 2 aromatic rings. The quantitative estimate of drug-likeness (QED) is 0.343. The molecule has 0 aliphatic carbocycles. The second kappa shape index (κ2) is 9.08. The number of ether oxygens (including phenoxy) is 1. The average Bonchev–Trinajstić information content (AvgIpc) is 2.63. The lowest BCUT2D eigenvalue weighted by atomic mass is 10.3. The lowest BCUT2D eigenvalue weighted by Crippen LogP contribution is -2.30. The fourth-order valence-electron chi connectivity index (χ4n) is 1.88. The van der Waals surface area contributed by atoms with Gasteiger partial charge in [0.2, 0.25) is 11.6 Å². The van der Waals surface area contributed by atoms with Crippen molar-refractivity contribution in [1.82, 2.24) is 20.4 Å². The number of pyridine rings is 1. The molecule has 0 atom stereocenters. The SMILES string of the molecule is COCCCNc1ncnc(NNC(=O)c2cccnc2)c1[N+](=O)[O-]. The van der Waals surface area contributed by atoms with Crippen molar-refractivity contribution in [3.05, 3.63) is 46.5 Å². The first kappa shape index (κ1) is 18.0. The Morgan fingerprint density at radius 2 is 2.16 bits per heavy atom. The molecule has 2 rings (SSSR count). The summed E-state index contributed by atoms with van der Waals surface area (Å²) in [7, 11) is 1.57. The smallest absolute Gasteiger partial charge is 0.354 e. The minimum absolute atomic E-state index is 0.0502. The van der Waals surface area contributed by atoms with Crippen LogP contribution in [0.1, 0.15) is 16.8 Å². The zero-order chi connectivity index (χ0) is 18.1. The molecule has 1 amide bonds. The molecule has 0 aromatic carbocycles. The van der Waals surface area contributed by atoms with E-state index >= 15 is 0 Å². The van der Waals surface area contributed by atoms with Crippen molar-refractivity contribution in [2.24, 2.45) is 0 Å². The van der Waals surface area contributed by atoms with Crippen LogP contribution in [0.15, 0.2) is 30.9 Å². The van der Waals surface area contributed by atoms with Crippen molar-refractivity contribution in [3.8, 4) is 0 Å². The molecule has 0 radical (unpaired) electrons. The summed E-state index contributed by atoms with van der Waals surface area (Å²) in [6.45, 7) is 0.950. The van der Waals surface area contributed by atoms with E-state index in [0.717, 1.165) is 6.33 Å². The molecular formula is C14H17N7O4. The number of hydrazine groups is 1. The number of amides is 1. The third-order valence-corrected chi connectivity index (χ3v) is 3.04. The number of carbonyl (C=O) groups excluding carboxylic acids is 1. The number of nitro groups is 1. The summed E-state index contributed by atoms with van der Waals surface area (Å²) in [6.07, 6.45) is 4.71. The Bertz CT molecular complexity index is 726. The van der Waals surface area contributed by atoms with E-state index in [1.54, 1.807) is 19.2 Å². The van der Waals surface area contributed by atoms with Crippen LogP contribution in [0.25, 0.3) is 0 Å². The summed E-state index contributed by atoms with van der Waals surface area (Å²) in [6, 6.07) is 3.16. The average molecular weight is 347 g/mol. The molecule has 11 heteroatoms. The van der Waals surface area contributed by atoms with Crippen molar-refractivity contribution in [3.63, 3.8) is 0 Å². The highest BCUT2D eigenvalue weighted by molar-refractivity contribution is 5.94. The Labute approximate surface area is 143 Å². The highest BCUT2D eigenvalue weighted by Crippen LogP contribution is 2.28. The van der Waals surface area contributed by atoms with Crippen LogP contribution >= 0.6 is 0 Å². The second-order valence-electron chi connectivity index (χ2n) is 4.77. The van der Waals surface area contributed by atoms with Gasteiger partial charge in [0, 0.05) is 32.7 Å². The van der Waals surface area contributed by atoms with Gasteiger partial charge in [0.25, 0.3) is 5.91 Å². The molecule has 0 bridgehead atoms. The molecular weight excluding hydrogens is 330 g/mol. The molecule has 3 N–H and O–H groups in total. The number of hydrogen-bond donors (Lipinski definition) is 3. The minimum atomic E-state index is -0.628. The number of nitrogens with zero attached hydrogens (tertiary/aromatic N) is 4. The van der Waals surface area contributed by atoms with Gasteiger partial charge < -0.3 is 10.1 Å². The second-order valence-corrected chi connectivity index (χ2v) is 4.77. The summed E-state index contributed by atoms with van der Waals surface area (Å²) in [5.74, 6) is -0.587.